The summed E-state index contributed by atoms with van der Waals surface area (Å²) in [6.07, 6.45) is 3.74. The van der Waals surface area contributed by atoms with Crippen molar-refractivity contribution in [2.75, 3.05) is 0 Å². The Kier molecular flexibility index (Phi) is 6.76. The highest BCUT2D eigenvalue weighted by atomic mass is 16.3. The minimum Gasteiger partial charge on any atom is -0.456 e. The van der Waals surface area contributed by atoms with Crippen molar-refractivity contribution in [1.82, 2.24) is 34.1 Å². The highest BCUT2D eigenvalue weighted by Crippen LogP contribution is 2.43. The monoisotopic (exact) mass is 731 g/mol. The number of nitrogens with zero attached hydrogens (tertiary/aromatic N) is 7. The van der Waals surface area contributed by atoms with Gasteiger partial charge in [-0.1, -0.05) is 115 Å². The molecule has 0 spiro atoms. The molecule has 0 aliphatic carbocycles. The Morgan fingerprint density at radius 2 is 0.982 bits per heavy atom. The van der Waals surface area contributed by atoms with Gasteiger partial charge in [-0.2, -0.15) is 0 Å². The van der Waals surface area contributed by atoms with E-state index >= 15 is 0 Å². The third kappa shape index (κ3) is 4.77. The van der Waals surface area contributed by atoms with Gasteiger partial charge in [-0.3, -0.25) is 9.55 Å². The second-order valence-corrected chi connectivity index (χ2v) is 14.1. The van der Waals surface area contributed by atoms with Crippen LogP contribution in [0.1, 0.15) is 0 Å². The third-order valence-corrected chi connectivity index (χ3v) is 10.9. The molecule has 12 rings (SSSR count). The molecule has 6 aromatic heterocycles. The van der Waals surface area contributed by atoms with Crippen LogP contribution in [0, 0.1) is 0 Å². The Bertz CT molecular complexity index is 3460. The average Bonchev–Trinajstić information content (AvgIpc) is 3.93. The molecular formula is C49H29N7O. The molecule has 57 heavy (non-hydrogen) atoms. The molecule has 0 aliphatic heterocycles. The van der Waals surface area contributed by atoms with E-state index in [-0.39, 0.29) is 0 Å². The van der Waals surface area contributed by atoms with Crippen LogP contribution in [0.4, 0.5) is 0 Å². The fourth-order valence-electron chi connectivity index (χ4n) is 8.41. The summed E-state index contributed by atoms with van der Waals surface area (Å²) in [4.78, 5) is 25.6. The first-order chi connectivity index (χ1) is 28.3. The van der Waals surface area contributed by atoms with E-state index in [9.17, 15) is 0 Å². The number of para-hydroxylation sites is 3. The van der Waals surface area contributed by atoms with Gasteiger partial charge in [0.15, 0.2) is 17.5 Å². The van der Waals surface area contributed by atoms with Crippen LogP contribution < -0.4 is 0 Å². The number of hydrogen-bond acceptors (Lipinski definition) is 6. The van der Waals surface area contributed by atoms with Crippen LogP contribution in [0.2, 0.25) is 0 Å². The maximum atomic E-state index is 6.47. The summed E-state index contributed by atoms with van der Waals surface area (Å²) >= 11 is 0. The summed E-state index contributed by atoms with van der Waals surface area (Å²) in [6.45, 7) is 0. The van der Waals surface area contributed by atoms with E-state index in [1.54, 1.807) is 0 Å². The number of rotatable bonds is 5. The van der Waals surface area contributed by atoms with Gasteiger partial charge in [0.1, 0.15) is 22.7 Å². The van der Waals surface area contributed by atoms with E-state index in [1.165, 1.54) is 0 Å². The van der Waals surface area contributed by atoms with Crippen molar-refractivity contribution in [1.29, 1.82) is 0 Å². The Morgan fingerprint density at radius 3 is 1.72 bits per heavy atom. The molecule has 0 atom stereocenters. The normalized spacial score (nSPS) is 11.9. The van der Waals surface area contributed by atoms with E-state index in [1.807, 2.05) is 91.3 Å². The highest BCUT2D eigenvalue weighted by Gasteiger charge is 2.26. The first-order valence-corrected chi connectivity index (χ1v) is 18.8. The van der Waals surface area contributed by atoms with Crippen molar-refractivity contribution >= 4 is 65.6 Å². The number of benzene rings is 6. The van der Waals surface area contributed by atoms with Crippen molar-refractivity contribution in [3.8, 4) is 45.8 Å². The van der Waals surface area contributed by atoms with Gasteiger partial charge in [0.25, 0.3) is 0 Å². The lowest BCUT2D eigenvalue weighted by Gasteiger charge is -2.11. The molecule has 0 saturated carbocycles. The maximum Gasteiger partial charge on any atom is 0.183 e. The minimum atomic E-state index is 0.474. The molecule has 0 fully saturated rings. The van der Waals surface area contributed by atoms with E-state index in [2.05, 4.69) is 94.1 Å². The molecule has 0 bridgehead atoms. The molecule has 0 aliphatic rings. The van der Waals surface area contributed by atoms with Crippen LogP contribution in [0.15, 0.2) is 181 Å². The minimum absolute atomic E-state index is 0.474. The molecule has 8 heteroatoms. The number of hydrogen-bond donors (Lipinski definition) is 0. The summed E-state index contributed by atoms with van der Waals surface area (Å²) in [5.74, 6) is 2.38. The predicted molar refractivity (Wildman–Crippen MR) is 228 cm³/mol. The second-order valence-electron chi connectivity index (χ2n) is 14.1. The van der Waals surface area contributed by atoms with Gasteiger partial charge in [-0.05, 0) is 42.5 Å². The zero-order valence-corrected chi connectivity index (χ0v) is 30.3. The second kappa shape index (κ2) is 12.3. The fraction of sp³-hybridized carbons (Fsp3) is 0. The van der Waals surface area contributed by atoms with Gasteiger partial charge in [0.2, 0.25) is 0 Å². The lowest BCUT2D eigenvalue weighted by Crippen LogP contribution is -2.02. The van der Waals surface area contributed by atoms with Crippen molar-refractivity contribution in [2.24, 2.45) is 0 Å². The van der Waals surface area contributed by atoms with Crippen molar-refractivity contribution < 1.29 is 4.42 Å². The predicted octanol–water partition coefficient (Wildman–Crippen LogP) is 11.8. The van der Waals surface area contributed by atoms with Crippen LogP contribution in [-0.4, -0.2) is 34.1 Å². The maximum absolute atomic E-state index is 6.47. The fourth-order valence-corrected chi connectivity index (χ4v) is 8.41. The van der Waals surface area contributed by atoms with Crippen LogP contribution in [0.3, 0.4) is 0 Å². The average molecular weight is 732 g/mol. The molecule has 0 saturated heterocycles. The van der Waals surface area contributed by atoms with Crippen LogP contribution >= 0.6 is 0 Å². The Labute approximate surface area is 325 Å². The first-order valence-electron chi connectivity index (χ1n) is 18.8. The molecule has 266 valence electrons. The van der Waals surface area contributed by atoms with E-state index in [4.69, 9.17) is 29.3 Å². The summed E-state index contributed by atoms with van der Waals surface area (Å²) in [7, 11) is 0. The molecule has 0 N–H and O–H groups in total. The molecular weight excluding hydrogens is 703 g/mol. The molecule has 8 nitrogen and oxygen atoms in total. The van der Waals surface area contributed by atoms with E-state index < -0.39 is 0 Å². The summed E-state index contributed by atoms with van der Waals surface area (Å²) in [5, 5.41) is 6.23. The lowest BCUT2D eigenvalue weighted by molar-refractivity contribution is 0.669. The summed E-state index contributed by atoms with van der Waals surface area (Å²) < 4.78 is 11.0. The number of aromatic nitrogens is 7. The largest absolute Gasteiger partial charge is 0.456 e. The molecule has 0 unspecified atom stereocenters. The number of furan rings is 1. The van der Waals surface area contributed by atoms with Gasteiger partial charge in [0, 0.05) is 62.2 Å². The standard InChI is InChI=1S/C49H29N7O/c1-4-14-30(15-5-1)46-52-47(31-16-6-2-7-17-31)54-48(53-46)45-43-38(24-26-50-45)55(32-18-8-3-9-19-32)39-25-27-51-49(44(39)43)56-37-22-12-10-20-33(37)35-28-36-34-21-11-13-23-41(34)57-42(36)29-40(35)56/h1-29H. The zero-order chi connectivity index (χ0) is 37.5. The van der Waals surface area contributed by atoms with Gasteiger partial charge in [-0.15, -0.1) is 0 Å². The van der Waals surface area contributed by atoms with Gasteiger partial charge in [0.05, 0.1) is 27.5 Å². The summed E-state index contributed by atoms with van der Waals surface area (Å²) in [6, 6.07) is 55.8. The van der Waals surface area contributed by atoms with Crippen LogP contribution in [0.5, 0.6) is 0 Å². The van der Waals surface area contributed by atoms with Crippen molar-refractivity contribution in [3.63, 3.8) is 0 Å². The molecule has 0 amide bonds. The Hall–Kier alpha value is -7.97. The van der Waals surface area contributed by atoms with E-state index in [0.717, 1.165) is 88.2 Å². The van der Waals surface area contributed by atoms with Crippen molar-refractivity contribution in [3.05, 3.63) is 176 Å². The highest BCUT2D eigenvalue weighted by molar-refractivity contribution is 6.21. The SMILES string of the molecule is c1ccc(-c2nc(-c3ccccc3)nc(-c3nccc4c3c3c(-n5c6ccccc6c6cc7c(cc65)oc5ccccc57)nccc3n4-c3ccccc3)n2)cc1. The number of pyridine rings is 2. The topological polar surface area (TPSA) is 87.5 Å². The van der Waals surface area contributed by atoms with Gasteiger partial charge >= 0.3 is 0 Å². The third-order valence-electron chi connectivity index (χ3n) is 10.9. The molecule has 6 aromatic carbocycles. The van der Waals surface area contributed by atoms with Crippen molar-refractivity contribution in [2.45, 2.75) is 0 Å². The zero-order valence-electron chi connectivity index (χ0n) is 30.3. The number of fused-ring (bicyclic) bond motifs is 9. The lowest BCUT2D eigenvalue weighted by atomic mass is 10.1. The Morgan fingerprint density at radius 1 is 0.386 bits per heavy atom. The van der Waals surface area contributed by atoms with E-state index in [0.29, 0.717) is 23.2 Å². The molecule has 0 radical (unpaired) electrons. The van der Waals surface area contributed by atoms with Crippen LogP contribution in [-0.2, 0) is 0 Å². The molecule has 12 aromatic rings. The first kappa shape index (κ1) is 31.4. The van der Waals surface area contributed by atoms with Crippen LogP contribution in [0.25, 0.3) is 111 Å². The van der Waals surface area contributed by atoms with Gasteiger partial charge in [-0.25, -0.2) is 19.9 Å². The van der Waals surface area contributed by atoms with Gasteiger partial charge < -0.3 is 8.98 Å². The summed E-state index contributed by atoms with van der Waals surface area (Å²) in [5.41, 5.74) is 9.08. The quantitative estimate of drug-likeness (QED) is 0.175. The smallest absolute Gasteiger partial charge is 0.183 e. The molecule has 6 heterocycles. The Balaban J connectivity index is 1.22.